The van der Waals surface area contributed by atoms with Gasteiger partial charge in [0.2, 0.25) is 15.9 Å². The van der Waals surface area contributed by atoms with Gasteiger partial charge in [-0.2, -0.15) is 17.5 Å². The summed E-state index contributed by atoms with van der Waals surface area (Å²) in [6.07, 6.45) is -4.66. The van der Waals surface area contributed by atoms with Gasteiger partial charge >= 0.3 is 6.18 Å². The van der Waals surface area contributed by atoms with Crippen LogP contribution in [0.15, 0.2) is 42.5 Å². The van der Waals surface area contributed by atoms with Gasteiger partial charge in [0.05, 0.1) is 33.6 Å². The number of nitrogens with zero attached hydrogens (tertiary/aromatic N) is 1. The fourth-order valence-electron chi connectivity index (χ4n) is 2.53. The molecule has 0 heterocycles. The number of halogens is 5. The van der Waals surface area contributed by atoms with Crippen LogP contribution in [0.5, 0.6) is 0 Å². The van der Waals surface area contributed by atoms with Crippen molar-refractivity contribution in [2.24, 2.45) is 0 Å². The number of carbonyl (C=O) groups excluding carboxylic acids is 1. The highest BCUT2D eigenvalue weighted by Gasteiger charge is 2.34. The molecule has 0 aromatic heterocycles. The monoisotopic (exact) mass is 468 g/mol. The number of carbonyl (C=O) groups is 1. The highest BCUT2D eigenvalue weighted by Crippen LogP contribution is 2.34. The van der Waals surface area contributed by atoms with E-state index in [-0.39, 0.29) is 16.6 Å². The zero-order valence-corrected chi connectivity index (χ0v) is 17.5. The molecule has 0 aliphatic carbocycles. The summed E-state index contributed by atoms with van der Waals surface area (Å²) in [5, 5.41) is 2.58. The first kappa shape index (κ1) is 23.5. The molecule has 2 aromatic carbocycles. The van der Waals surface area contributed by atoms with E-state index in [0.717, 1.165) is 16.4 Å². The minimum atomic E-state index is -4.66. The summed E-state index contributed by atoms with van der Waals surface area (Å²) in [4.78, 5) is 12.2. The molecule has 1 amide bonds. The molecule has 2 aromatic rings. The van der Waals surface area contributed by atoms with Gasteiger partial charge in [0.1, 0.15) is 0 Å². The van der Waals surface area contributed by atoms with Gasteiger partial charge in [-0.15, -0.1) is 0 Å². The SMILES string of the molecule is CCN(CC(=O)Nc1ccccc1C(F)(F)F)S(=O)(=O)Cc1ccc(Cl)c(Cl)c1. The molecule has 2 rings (SSSR count). The number of para-hydroxylation sites is 1. The molecule has 0 radical (unpaired) electrons. The average molecular weight is 469 g/mol. The molecule has 0 saturated heterocycles. The number of alkyl halides is 3. The van der Waals surface area contributed by atoms with E-state index < -0.39 is 45.7 Å². The van der Waals surface area contributed by atoms with Crippen LogP contribution in [0, 0.1) is 0 Å². The number of amides is 1. The smallest absolute Gasteiger partial charge is 0.324 e. The molecule has 0 unspecified atom stereocenters. The third-order valence-electron chi connectivity index (χ3n) is 3.91. The third-order valence-corrected chi connectivity index (χ3v) is 6.52. The van der Waals surface area contributed by atoms with Gasteiger partial charge in [0.25, 0.3) is 0 Å². The maximum atomic E-state index is 13.0. The molecule has 11 heteroatoms. The van der Waals surface area contributed by atoms with Crippen molar-refractivity contribution >= 4 is 44.8 Å². The molecule has 0 aliphatic heterocycles. The Hall–Kier alpha value is -1.81. The number of likely N-dealkylation sites (N-methyl/N-ethyl adjacent to an activating group) is 1. The predicted octanol–water partition coefficient (Wildman–Crippen LogP) is 4.80. The molecule has 0 saturated carbocycles. The summed E-state index contributed by atoms with van der Waals surface area (Å²) in [5.74, 6) is -1.33. The largest absolute Gasteiger partial charge is 0.418 e. The maximum absolute atomic E-state index is 13.0. The molecular weight excluding hydrogens is 452 g/mol. The van der Waals surface area contributed by atoms with E-state index in [2.05, 4.69) is 5.32 Å². The lowest BCUT2D eigenvalue weighted by atomic mass is 10.1. The molecule has 0 spiro atoms. The van der Waals surface area contributed by atoms with Crippen molar-refractivity contribution in [3.63, 3.8) is 0 Å². The van der Waals surface area contributed by atoms with Gasteiger partial charge in [-0.05, 0) is 29.8 Å². The van der Waals surface area contributed by atoms with Crippen molar-refractivity contribution < 1.29 is 26.4 Å². The first-order valence-corrected chi connectivity index (χ1v) is 10.7. The van der Waals surface area contributed by atoms with E-state index >= 15 is 0 Å². The second-order valence-electron chi connectivity index (χ2n) is 6.02. The van der Waals surface area contributed by atoms with Crippen LogP contribution in [0.1, 0.15) is 18.1 Å². The highest BCUT2D eigenvalue weighted by molar-refractivity contribution is 7.88. The standard InChI is InChI=1S/C18H17Cl2F3N2O3S/c1-2-25(29(27,28)11-12-7-8-14(19)15(20)9-12)10-17(26)24-16-6-4-3-5-13(16)18(21,22)23/h3-9H,2,10-11H2,1H3,(H,24,26). The van der Waals surface area contributed by atoms with Crippen LogP contribution >= 0.6 is 23.2 Å². The van der Waals surface area contributed by atoms with Crippen molar-refractivity contribution in [2.45, 2.75) is 18.9 Å². The third kappa shape index (κ3) is 6.33. The summed E-state index contributed by atoms with van der Waals surface area (Å²) < 4.78 is 65.3. The predicted molar refractivity (Wildman–Crippen MR) is 106 cm³/mol. The van der Waals surface area contributed by atoms with Crippen LogP contribution in [-0.2, 0) is 26.7 Å². The summed E-state index contributed by atoms with van der Waals surface area (Å²) in [5.41, 5.74) is -1.10. The quantitative estimate of drug-likeness (QED) is 0.634. The molecule has 0 atom stereocenters. The van der Waals surface area contributed by atoms with Crippen LogP contribution < -0.4 is 5.32 Å². The van der Waals surface area contributed by atoms with Crippen LogP contribution in [0.3, 0.4) is 0 Å². The molecule has 0 fully saturated rings. The van der Waals surface area contributed by atoms with Crippen molar-refractivity contribution in [2.75, 3.05) is 18.4 Å². The van der Waals surface area contributed by atoms with E-state index in [4.69, 9.17) is 23.2 Å². The second-order valence-corrected chi connectivity index (χ2v) is 8.81. The Morgan fingerprint density at radius 2 is 1.76 bits per heavy atom. The number of hydrogen-bond donors (Lipinski definition) is 1. The lowest BCUT2D eigenvalue weighted by Crippen LogP contribution is -2.38. The molecule has 29 heavy (non-hydrogen) atoms. The van der Waals surface area contributed by atoms with Crippen molar-refractivity contribution in [3.05, 3.63) is 63.6 Å². The Kier molecular flexibility index (Phi) is 7.56. The van der Waals surface area contributed by atoms with Gasteiger partial charge in [-0.3, -0.25) is 4.79 Å². The number of nitrogens with one attached hydrogen (secondary N) is 1. The normalized spacial score (nSPS) is 12.2. The molecule has 158 valence electrons. The van der Waals surface area contributed by atoms with Gasteiger partial charge in [0.15, 0.2) is 0 Å². The van der Waals surface area contributed by atoms with E-state index in [1.165, 1.54) is 37.3 Å². The Morgan fingerprint density at radius 1 is 1.10 bits per heavy atom. The topological polar surface area (TPSA) is 66.5 Å². The number of anilines is 1. The molecule has 5 nitrogen and oxygen atoms in total. The zero-order valence-electron chi connectivity index (χ0n) is 15.1. The Morgan fingerprint density at radius 3 is 2.34 bits per heavy atom. The van der Waals surface area contributed by atoms with Crippen molar-refractivity contribution in [1.82, 2.24) is 4.31 Å². The van der Waals surface area contributed by atoms with Crippen LogP contribution in [0.25, 0.3) is 0 Å². The first-order valence-electron chi connectivity index (χ1n) is 8.32. The lowest BCUT2D eigenvalue weighted by Gasteiger charge is -2.21. The van der Waals surface area contributed by atoms with Crippen LogP contribution in [0.2, 0.25) is 10.0 Å². The number of sulfonamides is 1. The summed E-state index contributed by atoms with van der Waals surface area (Å²) in [6.45, 7) is 0.841. The van der Waals surface area contributed by atoms with Gasteiger partial charge in [0, 0.05) is 6.54 Å². The average Bonchev–Trinajstić information content (AvgIpc) is 2.62. The van der Waals surface area contributed by atoms with E-state index in [0.29, 0.717) is 5.56 Å². The lowest BCUT2D eigenvalue weighted by molar-refractivity contribution is -0.137. The van der Waals surface area contributed by atoms with E-state index in [1.54, 1.807) is 0 Å². The molecule has 1 N–H and O–H groups in total. The number of hydrogen-bond acceptors (Lipinski definition) is 3. The molecular formula is C18H17Cl2F3N2O3S. The van der Waals surface area contributed by atoms with Crippen molar-refractivity contribution in [3.8, 4) is 0 Å². The van der Waals surface area contributed by atoms with Crippen LogP contribution in [0.4, 0.5) is 18.9 Å². The summed E-state index contributed by atoms with van der Waals surface area (Å²) >= 11 is 11.7. The minimum absolute atomic E-state index is 0.0437. The minimum Gasteiger partial charge on any atom is -0.324 e. The fourth-order valence-corrected chi connectivity index (χ4v) is 4.34. The fraction of sp³-hybridized carbons (Fsp3) is 0.278. The molecule has 0 bridgehead atoms. The van der Waals surface area contributed by atoms with Gasteiger partial charge in [-0.25, -0.2) is 8.42 Å². The van der Waals surface area contributed by atoms with E-state index in [9.17, 15) is 26.4 Å². The highest BCUT2D eigenvalue weighted by atomic mass is 35.5. The van der Waals surface area contributed by atoms with Crippen LogP contribution in [-0.4, -0.2) is 31.7 Å². The Bertz CT molecular complexity index is 998. The van der Waals surface area contributed by atoms with Gasteiger partial charge in [-0.1, -0.05) is 48.3 Å². The zero-order chi connectivity index (χ0) is 21.8. The maximum Gasteiger partial charge on any atom is 0.418 e. The summed E-state index contributed by atoms with van der Waals surface area (Å²) in [7, 11) is -3.93. The number of benzene rings is 2. The Balaban J connectivity index is 2.14. The van der Waals surface area contributed by atoms with Gasteiger partial charge < -0.3 is 5.32 Å². The second kappa shape index (κ2) is 9.34. The Labute approximate surface area is 176 Å². The van der Waals surface area contributed by atoms with Crippen molar-refractivity contribution in [1.29, 1.82) is 0 Å². The number of rotatable bonds is 7. The molecule has 0 aliphatic rings. The first-order chi connectivity index (χ1) is 13.4. The van der Waals surface area contributed by atoms with E-state index in [1.807, 2.05) is 0 Å². The summed E-state index contributed by atoms with van der Waals surface area (Å²) in [6, 6.07) is 8.79.